The Bertz CT molecular complexity index is 1270. The zero-order chi connectivity index (χ0) is 24.7. The summed E-state index contributed by atoms with van der Waals surface area (Å²) in [6.07, 6.45) is 13.8. The van der Waals surface area contributed by atoms with Gasteiger partial charge in [0.05, 0.1) is 0 Å². The molecular formula is C28H26N8. The van der Waals surface area contributed by atoms with Crippen LogP contribution in [0.1, 0.15) is 0 Å². The zero-order valence-corrected chi connectivity index (χ0v) is 19.5. The first-order valence-corrected chi connectivity index (χ1v) is 11.3. The van der Waals surface area contributed by atoms with Gasteiger partial charge in [0, 0.05) is 49.6 Å². The molecule has 0 amide bonds. The molecule has 0 aliphatic heterocycles. The highest BCUT2D eigenvalue weighted by molar-refractivity contribution is 6.22. The molecule has 0 radical (unpaired) electrons. The fourth-order valence-electron chi connectivity index (χ4n) is 3.53. The second-order valence-electron chi connectivity index (χ2n) is 7.36. The van der Waals surface area contributed by atoms with Crippen LogP contribution in [0.4, 0.5) is 0 Å². The molecule has 178 valence electrons. The Balaban J connectivity index is 0.000000124. The molecule has 0 atom stereocenters. The second kappa shape index (κ2) is 13.5. The summed E-state index contributed by atoms with van der Waals surface area (Å²) in [7, 11) is 0. The average molecular weight is 475 g/mol. The monoisotopic (exact) mass is 474 g/mol. The predicted octanol–water partition coefficient (Wildman–Crippen LogP) is 6.22. The van der Waals surface area contributed by atoms with E-state index in [9.17, 15) is 0 Å². The molecule has 8 rings (SSSR count). The number of rotatable bonds is 0. The topological polar surface area (TPSA) is 115 Å². The van der Waals surface area contributed by atoms with Crippen molar-refractivity contribution in [2.75, 3.05) is 0 Å². The first kappa shape index (κ1) is 23.9. The first-order valence-electron chi connectivity index (χ1n) is 11.3. The minimum atomic E-state index is 1.34. The first-order chi connectivity index (χ1) is 17.9. The van der Waals surface area contributed by atoms with Crippen LogP contribution < -0.4 is 0 Å². The number of hydrogen-bond acceptors (Lipinski definition) is 4. The van der Waals surface area contributed by atoms with Crippen LogP contribution in [0.15, 0.2) is 135 Å². The molecule has 4 aromatic carbocycles. The molecule has 0 fully saturated rings. The van der Waals surface area contributed by atoms with E-state index in [-0.39, 0.29) is 0 Å². The number of nitrogens with one attached hydrogen (secondary N) is 4. The predicted molar refractivity (Wildman–Crippen MR) is 144 cm³/mol. The standard InChI is InChI=1S/C16H10.4C3H4N2/c1-3-11-7-9-13-5-2-6-14-10-8-12(4-1)15(11)16(13)14;4*1-2-4-5-3-1/h1-10H;4*1-3H,(H,4,5). The van der Waals surface area contributed by atoms with E-state index < -0.39 is 0 Å². The third-order valence-corrected chi connectivity index (χ3v) is 5.02. The van der Waals surface area contributed by atoms with Crippen molar-refractivity contribution >= 4 is 32.3 Å². The lowest BCUT2D eigenvalue weighted by Crippen LogP contribution is -1.82. The molecule has 4 aromatic heterocycles. The van der Waals surface area contributed by atoms with Crippen LogP contribution in [-0.4, -0.2) is 40.8 Å². The van der Waals surface area contributed by atoms with E-state index in [4.69, 9.17) is 0 Å². The summed E-state index contributed by atoms with van der Waals surface area (Å²) >= 11 is 0. The van der Waals surface area contributed by atoms with Crippen molar-refractivity contribution in [3.05, 3.63) is 135 Å². The van der Waals surface area contributed by atoms with Crippen molar-refractivity contribution in [1.29, 1.82) is 0 Å². The summed E-state index contributed by atoms with van der Waals surface area (Å²) in [6, 6.07) is 29.2. The highest BCUT2D eigenvalue weighted by atomic mass is 15.1. The molecular weight excluding hydrogens is 448 g/mol. The quantitative estimate of drug-likeness (QED) is 0.195. The lowest BCUT2D eigenvalue weighted by Gasteiger charge is -2.09. The molecule has 0 spiro atoms. The van der Waals surface area contributed by atoms with Gasteiger partial charge < -0.3 is 0 Å². The lowest BCUT2D eigenvalue weighted by atomic mass is 9.95. The molecule has 4 N–H and O–H groups in total. The summed E-state index contributed by atoms with van der Waals surface area (Å²) in [5, 5.41) is 33.0. The van der Waals surface area contributed by atoms with Crippen molar-refractivity contribution in [2.45, 2.75) is 0 Å². The minimum absolute atomic E-state index is 1.34. The molecule has 0 unspecified atom stereocenters. The maximum Gasteiger partial charge on any atom is 0.0487 e. The van der Waals surface area contributed by atoms with E-state index in [2.05, 4.69) is 101 Å². The van der Waals surface area contributed by atoms with Crippen molar-refractivity contribution in [2.24, 2.45) is 0 Å². The molecule has 4 heterocycles. The van der Waals surface area contributed by atoms with E-state index >= 15 is 0 Å². The number of hydrogen-bond donors (Lipinski definition) is 4. The van der Waals surface area contributed by atoms with Gasteiger partial charge in [-0.1, -0.05) is 60.7 Å². The molecule has 0 saturated carbocycles. The fraction of sp³-hybridized carbons (Fsp3) is 0. The summed E-state index contributed by atoms with van der Waals surface area (Å²) in [4.78, 5) is 0. The highest BCUT2D eigenvalue weighted by Crippen LogP contribution is 2.33. The van der Waals surface area contributed by atoms with Gasteiger partial charge in [0.1, 0.15) is 0 Å². The van der Waals surface area contributed by atoms with Crippen LogP contribution in [-0.2, 0) is 0 Å². The van der Waals surface area contributed by atoms with Gasteiger partial charge in [-0.15, -0.1) is 0 Å². The van der Waals surface area contributed by atoms with E-state index in [1.54, 1.807) is 49.6 Å². The molecule has 0 aliphatic carbocycles. The SMILES string of the molecule is c1cc2ccc3cccc4ccc(c1)c2c34.c1cn[nH]c1.c1cn[nH]c1.c1cn[nH]c1.c1cn[nH]c1. The van der Waals surface area contributed by atoms with Crippen LogP contribution in [0.25, 0.3) is 32.3 Å². The number of aromatic amines is 4. The largest absolute Gasteiger partial charge is 0.286 e. The Morgan fingerprint density at radius 2 is 0.611 bits per heavy atom. The maximum absolute atomic E-state index is 3.60. The highest BCUT2D eigenvalue weighted by Gasteiger charge is 2.05. The molecule has 36 heavy (non-hydrogen) atoms. The van der Waals surface area contributed by atoms with E-state index in [1.165, 1.54) is 32.3 Å². The van der Waals surface area contributed by atoms with Gasteiger partial charge in [0.15, 0.2) is 0 Å². The number of benzene rings is 4. The molecule has 8 nitrogen and oxygen atoms in total. The Labute approximate surface area is 207 Å². The average Bonchev–Trinajstić information content (AvgIpc) is 3.80. The third kappa shape index (κ3) is 6.88. The molecule has 8 heteroatoms. The van der Waals surface area contributed by atoms with Gasteiger partial charge in [0.2, 0.25) is 0 Å². The summed E-state index contributed by atoms with van der Waals surface area (Å²) < 4.78 is 0. The minimum Gasteiger partial charge on any atom is -0.286 e. The van der Waals surface area contributed by atoms with Gasteiger partial charge in [-0.05, 0) is 56.6 Å². The lowest BCUT2D eigenvalue weighted by molar-refractivity contribution is 1.09. The van der Waals surface area contributed by atoms with Gasteiger partial charge in [-0.25, -0.2) is 0 Å². The van der Waals surface area contributed by atoms with Crippen LogP contribution in [0.2, 0.25) is 0 Å². The van der Waals surface area contributed by atoms with Crippen LogP contribution >= 0.6 is 0 Å². The fourth-order valence-corrected chi connectivity index (χ4v) is 3.53. The maximum atomic E-state index is 3.60. The zero-order valence-electron chi connectivity index (χ0n) is 19.5. The Kier molecular flexibility index (Phi) is 8.94. The van der Waals surface area contributed by atoms with Crippen LogP contribution in [0.3, 0.4) is 0 Å². The van der Waals surface area contributed by atoms with Crippen molar-refractivity contribution in [3.63, 3.8) is 0 Å². The Morgan fingerprint density at radius 3 is 0.778 bits per heavy atom. The third-order valence-electron chi connectivity index (χ3n) is 5.02. The van der Waals surface area contributed by atoms with Crippen molar-refractivity contribution in [3.8, 4) is 0 Å². The Morgan fingerprint density at radius 1 is 0.333 bits per heavy atom. The number of aromatic nitrogens is 8. The molecule has 0 aliphatic rings. The summed E-state index contributed by atoms with van der Waals surface area (Å²) in [6.45, 7) is 0. The normalized spacial score (nSPS) is 9.67. The van der Waals surface area contributed by atoms with E-state index in [0.29, 0.717) is 0 Å². The summed E-state index contributed by atoms with van der Waals surface area (Å²) in [5.74, 6) is 0. The Hall–Kier alpha value is -5.24. The van der Waals surface area contributed by atoms with Crippen molar-refractivity contribution < 1.29 is 0 Å². The van der Waals surface area contributed by atoms with E-state index in [1.807, 2.05) is 24.3 Å². The number of nitrogens with zero attached hydrogens (tertiary/aromatic N) is 4. The second-order valence-corrected chi connectivity index (χ2v) is 7.36. The van der Waals surface area contributed by atoms with E-state index in [0.717, 1.165) is 0 Å². The number of H-pyrrole nitrogens is 4. The van der Waals surface area contributed by atoms with Gasteiger partial charge >= 0.3 is 0 Å². The van der Waals surface area contributed by atoms with Crippen LogP contribution in [0.5, 0.6) is 0 Å². The van der Waals surface area contributed by atoms with Crippen LogP contribution in [0, 0.1) is 0 Å². The molecule has 0 saturated heterocycles. The molecule has 0 bridgehead atoms. The van der Waals surface area contributed by atoms with Gasteiger partial charge in [-0.2, -0.15) is 20.4 Å². The van der Waals surface area contributed by atoms with Gasteiger partial charge in [-0.3, -0.25) is 20.4 Å². The van der Waals surface area contributed by atoms with Gasteiger partial charge in [0.25, 0.3) is 0 Å². The van der Waals surface area contributed by atoms with Crippen molar-refractivity contribution in [1.82, 2.24) is 40.8 Å². The smallest absolute Gasteiger partial charge is 0.0487 e. The summed E-state index contributed by atoms with van der Waals surface area (Å²) in [5.41, 5.74) is 0. The molecule has 8 aromatic rings.